The van der Waals surface area contributed by atoms with E-state index in [-0.39, 0.29) is 16.7 Å². The van der Waals surface area contributed by atoms with Crippen LogP contribution in [0.3, 0.4) is 0 Å². The second-order valence-electron chi connectivity index (χ2n) is 5.05. The van der Waals surface area contributed by atoms with E-state index in [1.165, 1.54) is 32.1 Å². The van der Waals surface area contributed by atoms with E-state index in [0.717, 1.165) is 18.7 Å². The second-order valence-corrected chi connectivity index (χ2v) is 7.31. The number of nitrogens with one attached hydrogen (secondary N) is 1. The van der Waals surface area contributed by atoms with Crippen molar-refractivity contribution < 1.29 is 4.79 Å². The first-order valence-corrected chi connectivity index (χ1v) is 9.33. The summed E-state index contributed by atoms with van der Waals surface area (Å²) in [4.78, 5) is 11.9. The van der Waals surface area contributed by atoms with Crippen LogP contribution in [0.4, 0.5) is 0 Å². The summed E-state index contributed by atoms with van der Waals surface area (Å²) in [5.41, 5.74) is 5.87. The van der Waals surface area contributed by atoms with Gasteiger partial charge in [-0.05, 0) is 37.5 Å². The SMILES string of the molecule is CSCC[C@H](N)C(=O)NCC1(SC)CCCCC1. The molecule has 3 nitrogen and oxygen atoms in total. The van der Waals surface area contributed by atoms with Gasteiger partial charge >= 0.3 is 0 Å². The second kappa shape index (κ2) is 8.33. The van der Waals surface area contributed by atoms with Crippen molar-refractivity contribution in [2.45, 2.75) is 49.3 Å². The Hall–Kier alpha value is 0.130. The highest BCUT2D eigenvalue weighted by atomic mass is 32.2. The van der Waals surface area contributed by atoms with Gasteiger partial charge in [0.25, 0.3) is 0 Å². The molecule has 1 rings (SSSR count). The highest BCUT2D eigenvalue weighted by molar-refractivity contribution is 8.00. The Kier molecular flexibility index (Phi) is 7.49. The van der Waals surface area contributed by atoms with Crippen LogP contribution >= 0.6 is 23.5 Å². The first kappa shape index (κ1) is 16.2. The average molecular weight is 290 g/mol. The highest BCUT2D eigenvalue weighted by Gasteiger charge is 2.31. The molecule has 0 heterocycles. The van der Waals surface area contributed by atoms with Gasteiger partial charge in [0.2, 0.25) is 5.91 Å². The predicted octanol–water partition coefficient (Wildman–Crippen LogP) is 2.25. The Bertz CT molecular complexity index is 255. The maximum Gasteiger partial charge on any atom is 0.236 e. The summed E-state index contributed by atoms with van der Waals surface area (Å²) in [7, 11) is 0. The molecule has 1 amide bonds. The molecule has 5 heteroatoms. The van der Waals surface area contributed by atoms with Gasteiger partial charge in [0, 0.05) is 11.3 Å². The molecular formula is C13H26N2OS2. The van der Waals surface area contributed by atoms with Gasteiger partial charge < -0.3 is 11.1 Å². The summed E-state index contributed by atoms with van der Waals surface area (Å²) in [5.74, 6) is 0.963. The number of carbonyl (C=O) groups is 1. The third-order valence-electron chi connectivity index (χ3n) is 3.75. The smallest absolute Gasteiger partial charge is 0.236 e. The van der Waals surface area contributed by atoms with Gasteiger partial charge in [-0.3, -0.25) is 4.79 Å². The number of hydrogen-bond acceptors (Lipinski definition) is 4. The van der Waals surface area contributed by atoms with Crippen LogP contribution < -0.4 is 11.1 Å². The number of rotatable bonds is 7. The zero-order valence-corrected chi connectivity index (χ0v) is 13.2. The van der Waals surface area contributed by atoms with E-state index in [1.807, 2.05) is 18.0 Å². The van der Waals surface area contributed by atoms with Crippen molar-refractivity contribution >= 4 is 29.4 Å². The van der Waals surface area contributed by atoms with Gasteiger partial charge in [0.15, 0.2) is 0 Å². The number of carbonyl (C=O) groups excluding carboxylic acids is 1. The Morgan fingerprint density at radius 2 is 2.00 bits per heavy atom. The molecule has 1 aliphatic carbocycles. The standard InChI is InChI=1S/C13H26N2OS2/c1-17-9-6-11(14)12(16)15-10-13(18-2)7-4-3-5-8-13/h11H,3-10,14H2,1-2H3,(H,15,16)/t11-/m0/s1. The molecule has 0 aromatic heterocycles. The number of amides is 1. The monoisotopic (exact) mass is 290 g/mol. The topological polar surface area (TPSA) is 55.1 Å². The summed E-state index contributed by atoms with van der Waals surface area (Å²) < 4.78 is 0.257. The molecule has 0 aliphatic heterocycles. The fourth-order valence-corrected chi connectivity index (χ4v) is 3.81. The van der Waals surface area contributed by atoms with Crippen molar-refractivity contribution in [2.24, 2.45) is 5.73 Å². The summed E-state index contributed by atoms with van der Waals surface area (Å²) in [6.07, 6.45) is 11.3. The maximum absolute atomic E-state index is 11.9. The van der Waals surface area contributed by atoms with Crippen LogP contribution in [-0.2, 0) is 4.79 Å². The van der Waals surface area contributed by atoms with Crippen LogP contribution in [0.5, 0.6) is 0 Å². The van der Waals surface area contributed by atoms with E-state index in [1.54, 1.807) is 11.8 Å². The highest BCUT2D eigenvalue weighted by Crippen LogP contribution is 2.37. The first-order valence-electron chi connectivity index (χ1n) is 6.71. The third kappa shape index (κ3) is 5.02. The molecule has 0 aromatic rings. The minimum Gasteiger partial charge on any atom is -0.353 e. The lowest BCUT2D eigenvalue weighted by molar-refractivity contribution is -0.122. The Balaban J connectivity index is 2.35. The number of thioether (sulfide) groups is 2. The molecule has 18 heavy (non-hydrogen) atoms. The van der Waals surface area contributed by atoms with Gasteiger partial charge in [-0.1, -0.05) is 19.3 Å². The van der Waals surface area contributed by atoms with E-state index in [2.05, 4.69) is 11.6 Å². The van der Waals surface area contributed by atoms with Crippen LogP contribution in [0, 0.1) is 0 Å². The van der Waals surface area contributed by atoms with Gasteiger partial charge in [0.05, 0.1) is 6.04 Å². The molecule has 0 unspecified atom stereocenters. The largest absolute Gasteiger partial charge is 0.353 e. The molecular weight excluding hydrogens is 264 g/mol. The summed E-state index contributed by atoms with van der Waals surface area (Å²) in [5, 5.41) is 3.06. The van der Waals surface area contributed by atoms with Crippen LogP contribution in [0.25, 0.3) is 0 Å². The lowest BCUT2D eigenvalue weighted by Gasteiger charge is -2.36. The van der Waals surface area contributed by atoms with Gasteiger partial charge in [-0.15, -0.1) is 0 Å². The van der Waals surface area contributed by atoms with Gasteiger partial charge in [0.1, 0.15) is 0 Å². The van der Waals surface area contributed by atoms with Crippen molar-refractivity contribution in [3.8, 4) is 0 Å². The van der Waals surface area contributed by atoms with Crippen LogP contribution in [0.15, 0.2) is 0 Å². The third-order valence-corrected chi connectivity index (χ3v) is 5.81. The summed E-state index contributed by atoms with van der Waals surface area (Å²) >= 11 is 3.64. The molecule has 0 saturated heterocycles. The molecule has 1 saturated carbocycles. The van der Waals surface area contributed by atoms with Crippen LogP contribution in [-0.4, -0.2) is 41.5 Å². The maximum atomic E-state index is 11.9. The fraction of sp³-hybridized carbons (Fsp3) is 0.923. The zero-order valence-electron chi connectivity index (χ0n) is 11.5. The van der Waals surface area contributed by atoms with E-state index in [9.17, 15) is 4.79 Å². The van der Waals surface area contributed by atoms with E-state index in [4.69, 9.17) is 5.73 Å². The molecule has 106 valence electrons. The van der Waals surface area contributed by atoms with E-state index in [0.29, 0.717) is 0 Å². The van der Waals surface area contributed by atoms with Crippen LogP contribution in [0.1, 0.15) is 38.5 Å². The molecule has 3 N–H and O–H groups in total. The number of nitrogens with two attached hydrogens (primary N) is 1. The molecule has 0 bridgehead atoms. The minimum atomic E-state index is -0.347. The minimum absolute atomic E-state index is 0.0167. The van der Waals surface area contributed by atoms with E-state index >= 15 is 0 Å². The summed E-state index contributed by atoms with van der Waals surface area (Å²) in [6.45, 7) is 0.778. The Labute approximate surface area is 119 Å². The van der Waals surface area contributed by atoms with E-state index < -0.39 is 0 Å². The van der Waals surface area contributed by atoms with Crippen molar-refractivity contribution in [3.63, 3.8) is 0 Å². The quantitative estimate of drug-likeness (QED) is 0.755. The lowest BCUT2D eigenvalue weighted by Crippen LogP contribution is -2.47. The normalized spacial score (nSPS) is 20.4. The molecule has 1 fully saturated rings. The van der Waals surface area contributed by atoms with Gasteiger partial charge in [-0.25, -0.2) is 0 Å². The zero-order chi connectivity index (χ0) is 13.4. The summed E-state index contributed by atoms with van der Waals surface area (Å²) in [6, 6.07) is -0.347. The lowest BCUT2D eigenvalue weighted by atomic mass is 9.88. The fourth-order valence-electron chi connectivity index (χ4n) is 2.40. The van der Waals surface area contributed by atoms with Crippen LogP contribution in [0.2, 0.25) is 0 Å². The van der Waals surface area contributed by atoms with Crippen molar-refractivity contribution in [3.05, 3.63) is 0 Å². The Morgan fingerprint density at radius 3 is 2.56 bits per heavy atom. The predicted molar refractivity (Wildman–Crippen MR) is 83.3 cm³/mol. The van der Waals surface area contributed by atoms with Crippen molar-refractivity contribution in [1.29, 1.82) is 0 Å². The average Bonchev–Trinajstić information content (AvgIpc) is 2.43. The Morgan fingerprint density at radius 1 is 1.33 bits per heavy atom. The van der Waals surface area contributed by atoms with Crippen molar-refractivity contribution in [2.75, 3.05) is 24.8 Å². The molecule has 0 spiro atoms. The molecule has 0 radical (unpaired) electrons. The van der Waals surface area contributed by atoms with Crippen molar-refractivity contribution in [1.82, 2.24) is 5.32 Å². The molecule has 0 aromatic carbocycles. The van der Waals surface area contributed by atoms with Gasteiger partial charge in [-0.2, -0.15) is 23.5 Å². The first-order chi connectivity index (χ1) is 8.63. The number of hydrogen-bond donors (Lipinski definition) is 2. The molecule has 1 aliphatic rings. The molecule has 1 atom stereocenters.